The van der Waals surface area contributed by atoms with Crippen LogP contribution in [0.1, 0.15) is 17.4 Å². The molecule has 1 heterocycles. The third-order valence-electron chi connectivity index (χ3n) is 3.55. The van der Waals surface area contributed by atoms with Crippen molar-refractivity contribution in [2.75, 3.05) is 16.0 Å². The monoisotopic (exact) mass is 380 g/mol. The first kappa shape index (κ1) is 18.4. The molecular formula is C20H17ClN4O2. The highest BCUT2D eigenvalue weighted by atomic mass is 35.5. The Morgan fingerprint density at radius 1 is 0.852 bits per heavy atom. The number of aromatic nitrogens is 1. The molecule has 0 saturated heterocycles. The predicted molar refractivity (Wildman–Crippen MR) is 108 cm³/mol. The van der Waals surface area contributed by atoms with Crippen LogP contribution in [0.25, 0.3) is 0 Å². The first-order valence-corrected chi connectivity index (χ1v) is 8.55. The van der Waals surface area contributed by atoms with Gasteiger partial charge in [0.05, 0.1) is 0 Å². The van der Waals surface area contributed by atoms with Crippen molar-refractivity contribution in [1.29, 1.82) is 0 Å². The first-order chi connectivity index (χ1) is 13.0. The van der Waals surface area contributed by atoms with Crippen molar-refractivity contribution < 1.29 is 9.59 Å². The number of nitrogens with zero attached hydrogens (tertiary/aromatic N) is 1. The van der Waals surface area contributed by atoms with Gasteiger partial charge >= 0.3 is 0 Å². The molecule has 6 nitrogen and oxygen atoms in total. The standard InChI is InChI=1S/C20H17ClN4O2/c1-13(26)23-16-6-3-7-17(11-16)24-18-8-9-22-19(12-18)20(27)25-15-5-2-4-14(21)10-15/h2-12H,1H3,(H,22,24)(H,23,26)(H,25,27). The lowest BCUT2D eigenvalue weighted by molar-refractivity contribution is -0.114. The lowest BCUT2D eigenvalue weighted by atomic mass is 10.2. The molecule has 2 aromatic carbocycles. The van der Waals surface area contributed by atoms with Gasteiger partial charge in [-0.15, -0.1) is 0 Å². The molecule has 1 aromatic heterocycles. The number of rotatable bonds is 5. The number of anilines is 4. The lowest BCUT2D eigenvalue weighted by Crippen LogP contribution is -2.13. The van der Waals surface area contributed by atoms with Crippen molar-refractivity contribution in [3.63, 3.8) is 0 Å². The number of hydrogen-bond donors (Lipinski definition) is 3. The van der Waals surface area contributed by atoms with Crippen LogP contribution in [0.4, 0.5) is 22.7 Å². The minimum atomic E-state index is -0.340. The zero-order valence-electron chi connectivity index (χ0n) is 14.5. The van der Waals surface area contributed by atoms with Gasteiger partial charge in [-0.05, 0) is 48.5 Å². The van der Waals surface area contributed by atoms with Crippen LogP contribution >= 0.6 is 11.6 Å². The first-order valence-electron chi connectivity index (χ1n) is 8.17. The van der Waals surface area contributed by atoms with Crippen LogP contribution in [0, 0.1) is 0 Å². The quantitative estimate of drug-likeness (QED) is 0.599. The summed E-state index contributed by atoms with van der Waals surface area (Å²) in [4.78, 5) is 27.7. The number of nitrogens with one attached hydrogen (secondary N) is 3. The van der Waals surface area contributed by atoms with E-state index in [9.17, 15) is 9.59 Å². The van der Waals surface area contributed by atoms with E-state index in [1.54, 1.807) is 54.7 Å². The topological polar surface area (TPSA) is 83.1 Å². The molecule has 0 saturated carbocycles. The molecule has 136 valence electrons. The summed E-state index contributed by atoms with van der Waals surface area (Å²) in [6.45, 7) is 1.45. The Bertz CT molecular complexity index is 991. The summed E-state index contributed by atoms with van der Waals surface area (Å²) in [5.41, 5.74) is 3.00. The summed E-state index contributed by atoms with van der Waals surface area (Å²) in [6.07, 6.45) is 1.55. The Labute approximate surface area is 161 Å². The van der Waals surface area contributed by atoms with Crippen molar-refractivity contribution in [3.05, 3.63) is 77.6 Å². The largest absolute Gasteiger partial charge is 0.355 e. The number of pyridine rings is 1. The molecule has 0 aliphatic rings. The molecule has 0 fully saturated rings. The van der Waals surface area contributed by atoms with E-state index >= 15 is 0 Å². The van der Waals surface area contributed by atoms with Gasteiger partial charge in [-0.3, -0.25) is 14.6 Å². The number of benzene rings is 2. The molecule has 0 aliphatic carbocycles. The van der Waals surface area contributed by atoms with E-state index in [0.29, 0.717) is 22.1 Å². The van der Waals surface area contributed by atoms with Crippen LogP contribution in [-0.4, -0.2) is 16.8 Å². The maximum Gasteiger partial charge on any atom is 0.274 e. The second kappa shape index (κ2) is 8.33. The van der Waals surface area contributed by atoms with Gasteiger partial charge in [-0.25, -0.2) is 0 Å². The summed E-state index contributed by atoms with van der Waals surface area (Å²) in [7, 11) is 0. The number of halogens is 1. The van der Waals surface area contributed by atoms with Crippen LogP contribution in [0.3, 0.4) is 0 Å². The Morgan fingerprint density at radius 2 is 1.52 bits per heavy atom. The minimum Gasteiger partial charge on any atom is -0.355 e. The van der Waals surface area contributed by atoms with Gasteiger partial charge in [0.25, 0.3) is 5.91 Å². The maximum absolute atomic E-state index is 12.4. The van der Waals surface area contributed by atoms with E-state index in [0.717, 1.165) is 5.69 Å². The molecule has 7 heteroatoms. The molecule has 0 aliphatic heterocycles. The molecule has 0 atom stereocenters. The highest BCUT2D eigenvalue weighted by Crippen LogP contribution is 2.21. The van der Waals surface area contributed by atoms with E-state index in [1.807, 2.05) is 12.1 Å². The molecular weight excluding hydrogens is 364 g/mol. The minimum absolute atomic E-state index is 0.143. The molecule has 0 bridgehead atoms. The molecule has 3 aromatic rings. The Hall–Kier alpha value is -3.38. The van der Waals surface area contributed by atoms with Gasteiger partial charge in [0, 0.05) is 40.9 Å². The Balaban J connectivity index is 1.73. The summed E-state index contributed by atoms with van der Waals surface area (Å²) in [6, 6.07) is 17.6. The molecule has 27 heavy (non-hydrogen) atoms. The number of hydrogen-bond acceptors (Lipinski definition) is 4. The average molecular weight is 381 g/mol. The third-order valence-corrected chi connectivity index (χ3v) is 3.78. The summed E-state index contributed by atoms with van der Waals surface area (Å²) in [5, 5.41) is 9.22. The van der Waals surface area contributed by atoms with Gasteiger partial charge in [-0.2, -0.15) is 0 Å². The fourth-order valence-corrected chi connectivity index (χ4v) is 2.63. The van der Waals surface area contributed by atoms with E-state index < -0.39 is 0 Å². The second-order valence-electron chi connectivity index (χ2n) is 5.78. The van der Waals surface area contributed by atoms with Gasteiger partial charge in [0.15, 0.2) is 0 Å². The van der Waals surface area contributed by atoms with E-state index in [2.05, 4.69) is 20.9 Å². The SMILES string of the molecule is CC(=O)Nc1cccc(Nc2ccnc(C(=O)Nc3cccc(Cl)c3)c2)c1. The summed E-state index contributed by atoms with van der Waals surface area (Å²) in [5.74, 6) is -0.482. The normalized spacial score (nSPS) is 10.1. The Morgan fingerprint density at radius 3 is 2.26 bits per heavy atom. The average Bonchev–Trinajstić information content (AvgIpc) is 2.62. The zero-order valence-corrected chi connectivity index (χ0v) is 15.2. The van der Waals surface area contributed by atoms with Crippen molar-refractivity contribution in [3.8, 4) is 0 Å². The van der Waals surface area contributed by atoms with Gasteiger partial charge in [0.2, 0.25) is 5.91 Å². The number of amides is 2. The van der Waals surface area contributed by atoms with Gasteiger partial charge < -0.3 is 16.0 Å². The van der Waals surface area contributed by atoms with Gasteiger partial charge in [0.1, 0.15) is 5.69 Å². The fourth-order valence-electron chi connectivity index (χ4n) is 2.44. The fraction of sp³-hybridized carbons (Fsp3) is 0.0500. The summed E-state index contributed by atoms with van der Waals surface area (Å²) < 4.78 is 0. The number of carbonyl (C=O) groups excluding carboxylic acids is 2. The van der Waals surface area contributed by atoms with Crippen molar-refractivity contribution in [2.45, 2.75) is 6.92 Å². The van der Waals surface area contributed by atoms with Crippen LogP contribution in [0.15, 0.2) is 66.9 Å². The maximum atomic E-state index is 12.4. The molecule has 0 radical (unpaired) electrons. The van der Waals surface area contributed by atoms with Crippen LogP contribution in [0.5, 0.6) is 0 Å². The second-order valence-corrected chi connectivity index (χ2v) is 6.22. The molecule has 2 amide bonds. The van der Waals surface area contributed by atoms with E-state index in [1.165, 1.54) is 6.92 Å². The van der Waals surface area contributed by atoms with Gasteiger partial charge in [-0.1, -0.05) is 23.7 Å². The predicted octanol–water partition coefficient (Wildman–Crippen LogP) is 4.69. The number of carbonyl (C=O) groups is 2. The molecule has 3 N–H and O–H groups in total. The van der Waals surface area contributed by atoms with E-state index in [-0.39, 0.29) is 17.5 Å². The highest BCUT2D eigenvalue weighted by molar-refractivity contribution is 6.30. The molecule has 3 rings (SSSR count). The van der Waals surface area contributed by atoms with Crippen molar-refractivity contribution in [1.82, 2.24) is 4.98 Å². The van der Waals surface area contributed by atoms with Crippen LogP contribution in [-0.2, 0) is 4.79 Å². The third kappa shape index (κ3) is 5.29. The molecule has 0 spiro atoms. The Kier molecular flexibility index (Phi) is 5.68. The molecule has 0 unspecified atom stereocenters. The van der Waals surface area contributed by atoms with Crippen LogP contribution in [0.2, 0.25) is 5.02 Å². The lowest BCUT2D eigenvalue weighted by Gasteiger charge is -2.10. The van der Waals surface area contributed by atoms with Crippen LogP contribution < -0.4 is 16.0 Å². The van der Waals surface area contributed by atoms with Crippen molar-refractivity contribution >= 4 is 46.2 Å². The highest BCUT2D eigenvalue weighted by Gasteiger charge is 2.09. The smallest absolute Gasteiger partial charge is 0.274 e. The zero-order chi connectivity index (χ0) is 19.2. The van der Waals surface area contributed by atoms with Crippen molar-refractivity contribution in [2.24, 2.45) is 0 Å². The van der Waals surface area contributed by atoms with E-state index in [4.69, 9.17) is 11.6 Å². The summed E-state index contributed by atoms with van der Waals surface area (Å²) >= 11 is 5.93.